The molecule has 0 aliphatic carbocycles. The van der Waals surface area contributed by atoms with E-state index in [0.29, 0.717) is 31.0 Å². The van der Waals surface area contributed by atoms with E-state index in [9.17, 15) is 4.79 Å². The molecule has 0 spiro atoms. The maximum atomic E-state index is 12.1. The van der Waals surface area contributed by atoms with Crippen LogP contribution in [-0.2, 0) is 9.63 Å². The first-order valence-corrected chi connectivity index (χ1v) is 7.82. The number of aryl methyl sites for hydroxylation is 1. The predicted molar refractivity (Wildman–Crippen MR) is 90.6 cm³/mol. The molecule has 2 aromatic rings. The first kappa shape index (κ1) is 15.9. The SMILES string of the molecule is Cc1ccc(NCCNC(=O)C2=NO[C@@H](c3ccccc3)C2)nn1. The van der Waals surface area contributed by atoms with E-state index in [-0.39, 0.29) is 12.0 Å². The van der Waals surface area contributed by atoms with Crippen molar-refractivity contribution >= 4 is 17.4 Å². The fourth-order valence-corrected chi connectivity index (χ4v) is 2.32. The summed E-state index contributed by atoms with van der Waals surface area (Å²) in [4.78, 5) is 17.5. The number of hydrogen-bond donors (Lipinski definition) is 2. The third kappa shape index (κ3) is 4.07. The fraction of sp³-hybridized carbons (Fsp3) is 0.294. The number of aromatic nitrogens is 2. The summed E-state index contributed by atoms with van der Waals surface area (Å²) in [5.74, 6) is 0.478. The van der Waals surface area contributed by atoms with Crippen molar-refractivity contribution in [1.29, 1.82) is 0 Å². The van der Waals surface area contributed by atoms with Crippen molar-refractivity contribution in [3.8, 4) is 0 Å². The van der Waals surface area contributed by atoms with Crippen LogP contribution in [0, 0.1) is 6.92 Å². The van der Waals surface area contributed by atoms with Crippen LogP contribution in [0.5, 0.6) is 0 Å². The van der Waals surface area contributed by atoms with Gasteiger partial charge in [-0.1, -0.05) is 35.5 Å². The van der Waals surface area contributed by atoms with Crippen molar-refractivity contribution in [2.24, 2.45) is 5.16 Å². The van der Waals surface area contributed by atoms with Crippen molar-refractivity contribution in [2.45, 2.75) is 19.4 Å². The quantitative estimate of drug-likeness (QED) is 0.791. The molecule has 0 unspecified atom stereocenters. The number of nitrogens with one attached hydrogen (secondary N) is 2. The number of carbonyl (C=O) groups excluding carboxylic acids is 1. The van der Waals surface area contributed by atoms with Crippen LogP contribution in [0.25, 0.3) is 0 Å². The van der Waals surface area contributed by atoms with E-state index in [1.54, 1.807) is 0 Å². The molecule has 1 aliphatic rings. The molecule has 1 atom stereocenters. The summed E-state index contributed by atoms with van der Waals surface area (Å²) in [6.45, 7) is 2.90. The van der Waals surface area contributed by atoms with Gasteiger partial charge in [0.1, 0.15) is 11.5 Å². The first-order valence-electron chi connectivity index (χ1n) is 7.82. The zero-order valence-electron chi connectivity index (χ0n) is 13.4. The number of benzene rings is 1. The third-order valence-electron chi connectivity index (χ3n) is 3.62. The molecule has 3 rings (SSSR count). The van der Waals surface area contributed by atoms with Gasteiger partial charge in [0.25, 0.3) is 5.91 Å². The second-order valence-electron chi connectivity index (χ2n) is 5.49. The van der Waals surface area contributed by atoms with Gasteiger partial charge in [-0.15, -0.1) is 5.10 Å². The minimum Gasteiger partial charge on any atom is -0.387 e. The maximum Gasteiger partial charge on any atom is 0.269 e. The van der Waals surface area contributed by atoms with Crippen LogP contribution in [-0.4, -0.2) is 34.9 Å². The molecule has 0 saturated carbocycles. The van der Waals surface area contributed by atoms with Gasteiger partial charge in [-0.25, -0.2) is 0 Å². The van der Waals surface area contributed by atoms with E-state index in [1.807, 2.05) is 49.4 Å². The highest BCUT2D eigenvalue weighted by Crippen LogP contribution is 2.26. The Morgan fingerprint density at radius 2 is 2.00 bits per heavy atom. The van der Waals surface area contributed by atoms with E-state index in [4.69, 9.17) is 4.84 Å². The molecular weight excluding hydrogens is 306 g/mol. The molecule has 0 fully saturated rings. The van der Waals surface area contributed by atoms with Gasteiger partial charge < -0.3 is 15.5 Å². The normalized spacial score (nSPS) is 16.2. The fourth-order valence-electron chi connectivity index (χ4n) is 2.32. The summed E-state index contributed by atoms with van der Waals surface area (Å²) in [5.41, 5.74) is 2.30. The van der Waals surface area contributed by atoms with Gasteiger partial charge in [-0.2, -0.15) is 5.10 Å². The highest BCUT2D eigenvalue weighted by Gasteiger charge is 2.26. The van der Waals surface area contributed by atoms with Gasteiger partial charge in [-0.05, 0) is 24.6 Å². The minimum atomic E-state index is -0.203. The zero-order chi connectivity index (χ0) is 16.8. The molecule has 1 aliphatic heterocycles. The summed E-state index contributed by atoms with van der Waals surface area (Å²) in [7, 11) is 0. The van der Waals surface area contributed by atoms with Crippen molar-refractivity contribution < 1.29 is 9.63 Å². The third-order valence-corrected chi connectivity index (χ3v) is 3.62. The van der Waals surface area contributed by atoms with Crippen molar-refractivity contribution in [3.63, 3.8) is 0 Å². The van der Waals surface area contributed by atoms with Crippen LogP contribution >= 0.6 is 0 Å². The van der Waals surface area contributed by atoms with Gasteiger partial charge in [0.2, 0.25) is 0 Å². The molecule has 0 saturated heterocycles. The van der Waals surface area contributed by atoms with E-state index in [1.165, 1.54) is 0 Å². The second-order valence-corrected chi connectivity index (χ2v) is 5.49. The van der Waals surface area contributed by atoms with Crippen LogP contribution in [0.3, 0.4) is 0 Å². The molecule has 0 bridgehead atoms. The van der Waals surface area contributed by atoms with Gasteiger partial charge in [0, 0.05) is 19.5 Å². The highest BCUT2D eigenvalue weighted by atomic mass is 16.6. The summed E-state index contributed by atoms with van der Waals surface area (Å²) in [6, 6.07) is 13.5. The Hall–Kier alpha value is -2.96. The molecule has 7 heteroatoms. The lowest BCUT2D eigenvalue weighted by molar-refractivity contribution is -0.114. The minimum absolute atomic E-state index is 0.187. The molecule has 1 aromatic carbocycles. The molecular formula is C17H19N5O2. The van der Waals surface area contributed by atoms with Crippen molar-refractivity contribution in [3.05, 3.63) is 53.7 Å². The summed E-state index contributed by atoms with van der Waals surface area (Å²) in [6.07, 6.45) is 0.292. The van der Waals surface area contributed by atoms with E-state index in [2.05, 4.69) is 26.0 Å². The largest absolute Gasteiger partial charge is 0.387 e. The number of amides is 1. The Morgan fingerprint density at radius 3 is 2.75 bits per heavy atom. The smallest absolute Gasteiger partial charge is 0.269 e. The molecule has 24 heavy (non-hydrogen) atoms. The van der Waals surface area contributed by atoms with E-state index < -0.39 is 0 Å². The van der Waals surface area contributed by atoms with Crippen LogP contribution in [0.1, 0.15) is 23.8 Å². The lowest BCUT2D eigenvalue weighted by atomic mass is 10.0. The van der Waals surface area contributed by atoms with E-state index >= 15 is 0 Å². The average Bonchev–Trinajstić information content (AvgIpc) is 3.11. The lowest BCUT2D eigenvalue weighted by Gasteiger charge is -2.08. The summed E-state index contributed by atoms with van der Waals surface area (Å²) < 4.78 is 0. The number of nitrogens with zero attached hydrogens (tertiary/aromatic N) is 3. The summed E-state index contributed by atoms with van der Waals surface area (Å²) in [5, 5.41) is 17.8. The molecule has 1 aromatic heterocycles. The number of carbonyl (C=O) groups is 1. The van der Waals surface area contributed by atoms with Gasteiger partial charge >= 0.3 is 0 Å². The van der Waals surface area contributed by atoms with Crippen LogP contribution in [0.2, 0.25) is 0 Å². The molecule has 124 valence electrons. The van der Waals surface area contributed by atoms with Gasteiger partial charge in [-0.3, -0.25) is 4.79 Å². The second kappa shape index (κ2) is 7.54. The first-order chi connectivity index (χ1) is 11.7. The Labute approximate surface area is 140 Å². The molecule has 1 amide bonds. The lowest BCUT2D eigenvalue weighted by Crippen LogP contribution is -2.34. The Bertz CT molecular complexity index is 716. The zero-order valence-corrected chi connectivity index (χ0v) is 13.4. The molecule has 0 radical (unpaired) electrons. The molecule has 7 nitrogen and oxygen atoms in total. The number of rotatable bonds is 6. The van der Waals surface area contributed by atoms with Crippen molar-refractivity contribution in [2.75, 3.05) is 18.4 Å². The Balaban J connectivity index is 1.40. The van der Waals surface area contributed by atoms with Crippen molar-refractivity contribution in [1.82, 2.24) is 15.5 Å². The Morgan fingerprint density at radius 1 is 1.17 bits per heavy atom. The van der Waals surface area contributed by atoms with Crippen LogP contribution in [0.4, 0.5) is 5.82 Å². The summed E-state index contributed by atoms with van der Waals surface area (Å²) >= 11 is 0. The van der Waals surface area contributed by atoms with Gasteiger partial charge in [0.15, 0.2) is 6.10 Å². The molecule has 2 N–H and O–H groups in total. The van der Waals surface area contributed by atoms with E-state index in [0.717, 1.165) is 11.3 Å². The number of hydrogen-bond acceptors (Lipinski definition) is 6. The topological polar surface area (TPSA) is 88.5 Å². The monoisotopic (exact) mass is 325 g/mol. The van der Waals surface area contributed by atoms with Gasteiger partial charge in [0.05, 0.1) is 5.69 Å². The average molecular weight is 325 g/mol. The van der Waals surface area contributed by atoms with Crippen LogP contribution < -0.4 is 10.6 Å². The standard InChI is InChI=1S/C17H19N5O2/c1-12-7-8-16(21-20-12)18-9-10-19-17(23)14-11-15(24-22-14)13-5-3-2-4-6-13/h2-8,15H,9-11H2,1H3,(H,18,21)(H,19,23)/t15-/m1/s1. The molecule has 2 heterocycles. The maximum absolute atomic E-state index is 12.1. The highest BCUT2D eigenvalue weighted by molar-refractivity contribution is 6.39. The number of oxime groups is 1. The predicted octanol–water partition coefficient (Wildman–Crippen LogP) is 1.83. The Kier molecular flexibility index (Phi) is 5.00. The van der Waals surface area contributed by atoms with Crippen LogP contribution in [0.15, 0.2) is 47.6 Å². The number of anilines is 1.